The Morgan fingerprint density at radius 1 is 1.39 bits per heavy atom. The number of nitrogens with two attached hydrogens (primary N) is 1. The van der Waals surface area contributed by atoms with Gasteiger partial charge in [-0.25, -0.2) is 0 Å². The van der Waals surface area contributed by atoms with Gasteiger partial charge in [0.05, 0.1) is 6.10 Å². The molecule has 0 amide bonds. The molecule has 0 bridgehead atoms. The van der Waals surface area contributed by atoms with Gasteiger partial charge >= 0.3 is 0 Å². The molecular formula is C19H30N2O2. The van der Waals surface area contributed by atoms with E-state index in [0.29, 0.717) is 23.1 Å². The van der Waals surface area contributed by atoms with Crippen molar-refractivity contribution >= 4 is 0 Å². The van der Waals surface area contributed by atoms with Crippen LogP contribution in [0.25, 0.3) is 0 Å². The van der Waals surface area contributed by atoms with Gasteiger partial charge < -0.3 is 15.6 Å². The van der Waals surface area contributed by atoms with Gasteiger partial charge in [0.2, 0.25) is 0 Å². The third kappa shape index (κ3) is 3.64. The average molecular weight is 318 g/mol. The highest BCUT2D eigenvalue weighted by Gasteiger charge is 2.33. The van der Waals surface area contributed by atoms with E-state index < -0.39 is 0 Å². The minimum atomic E-state index is 0.212. The van der Waals surface area contributed by atoms with Crippen molar-refractivity contribution in [3.63, 3.8) is 0 Å². The van der Waals surface area contributed by atoms with Crippen LogP contribution in [0.2, 0.25) is 0 Å². The fourth-order valence-electron chi connectivity index (χ4n) is 4.15. The number of likely N-dealkylation sites (tertiary alicyclic amines) is 1. The topological polar surface area (TPSA) is 58.7 Å². The van der Waals surface area contributed by atoms with Crippen molar-refractivity contribution in [1.82, 2.24) is 4.90 Å². The number of rotatable bonds is 4. The zero-order valence-electron chi connectivity index (χ0n) is 14.6. The molecule has 3 unspecified atom stereocenters. The Morgan fingerprint density at radius 3 is 2.78 bits per heavy atom. The van der Waals surface area contributed by atoms with Crippen molar-refractivity contribution in [3.05, 3.63) is 23.8 Å². The molecule has 1 heterocycles. The molecule has 3 N–H and O–H groups in total. The number of benzene rings is 1. The normalized spacial score (nSPS) is 30.7. The Labute approximate surface area is 139 Å². The molecule has 0 spiro atoms. The van der Waals surface area contributed by atoms with Gasteiger partial charge in [0, 0.05) is 12.6 Å². The minimum Gasteiger partial charge on any atom is -0.504 e. The van der Waals surface area contributed by atoms with Crippen LogP contribution in [0, 0.1) is 11.3 Å². The van der Waals surface area contributed by atoms with E-state index in [4.69, 9.17) is 10.5 Å². The number of ether oxygens (including phenoxy) is 1. The first-order valence-electron chi connectivity index (χ1n) is 8.78. The Balaban J connectivity index is 1.75. The van der Waals surface area contributed by atoms with E-state index in [9.17, 15) is 5.11 Å². The van der Waals surface area contributed by atoms with Crippen LogP contribution >= 0.6 is 0 Å². The molecule has 3 atom stereocenters. The Morgan fingerprint density at radius 2 is 2.17 bits per heavy atom. The van der Waals surface area contributed by atoms with E-state index in [1.54, 1.807) is 6.07 Å². The maximum Gasteiger partial charge on any atom is 0.161 e. The van der Waals surface area contributed by atoms with Crippen LogP contribution in [0.1, 0.15) is 51.1 Å². The number of hydrogen-bond acceptors (Lipinski definition) is 4. The van der Waals surface area contributed by atoms with E-state index >= 15 is 0 Å². The molecule has 1 aromatic rings. The largest absolute Gasteiger partial charge is 0.504 e. The van der Waals surface area contributed by atoms with Crippen molar-refractivity contribution in [3.8, 4) is 11.5 Å². The van der Waals surface area contributed by atoms with Gasteiger partial charge in [0.1, 0.15) is 0 Å². The van der Waals surface area contributed by atoms with Crippen molar-refractivity contribution in [2.45, 2.75) is 51.7 Å². The number of phenols is 1. The molecule has 0 aromatic heterocycles. The van der Waals surface area contributed by atoms with E-state index in [0.717, 1.165) is 32.4 Å². The molecule has 1 saturated heterocycles. The standard InChI is InChI=1S/C19H30N2O2/c1-19(2)7-6-15(10-19)23-18-9-14(4-5-17(18)22)16-8-13(11-20)12-21(16)3/h4-5,9,13,15-16,22H,6-8,10-12,20H2,1-3H3. The zero-order valence-corrected chi connectivity index (χ0v) is 14.6. The molecular weight excluding hydrogens is 288 g/mol. The maximum atomic E-state index is 10.2. The number of hydrogen-bond donors (Lipinski definition) is 2. The first-order chi connectivity index (χ1) is 10.9. The number of phenolic OH excluding ortho intramolecular Hbond substituents is 1. The summed E-state index contributed by atoms with van der Waals surface area (Å²) in [5.41, 5.74) is 7.39. The van der Waals surface area contributed by atoms with Crippen molar-refractivity contribution in [1.29, 1.82) is 0 Å². The van der Waals surface area contributed by atoms with E-state index in [-0.39, 0.29) is 11.9 Å². The predicted molar refractivity (Wildman–Crippen MR) is 92.7 cm³/mol. The van der Waals surface area contributed by atoms with Crippen LogP contribution in [0.4, 0.5) is 0 Å². The second kappa shape index (κ2) is 6.33. The lowest BCUT2D eigenvalue weighted by Gasteiger charge is -2.22. The van der Waals surface area contributed by atoms with Gasteiger partial charge in [0.25, 0.3) is 0 Å². The van der Waals surface area contributed by atoms with Gasteiger partial charge in [-0.15, -0.1) is 0 Å². The molecule has 2 fully saturated rings. The molecule has 1 aliphatic carbocycles. The van der Waals surface area contributed by atoms with Gasteiger partial charge in [0.15, 0.2) is 11.5 Å². The highest BCUT2D eigenvalue weighted by Crippen LogP contribution is 2.42. The molecule has 2 aliphatic rings. The van der Waals surface area contributed by atoms with E-state index in [2.05, 4.69) is 25.8 Å². The quantitative estimate of drug-likeness (QED) is 0.894. The average Bonchev–Trinajstić information content (AvgIpc) is 3.04. The third-order valence-electron chi connectivity index (χ3n) is 5.55. The molecule has 0 radical (unpaired) electrons. The summed E-state index contributed by atoms with van der Waals surface area (Å²) in [6.07, 6.45) is 4.59. The monoisotopic (exact) mass is 318 g/mol. The first kappa shape index (κ1) is 16.6. The van der Waals surface area contributed by atoms with Gasteiger partial charge in [-0.3, -0.25) is 4.90 Å². The smallest absolute Gasteiger partial charge is 0.161 e. The SMILES string of the molecule is CN1CC(CN)CC1c1ccc(O)c(OC2CCC(C)(C)C2)c1. The molecule has 1 aliphatic heterocycles. The van der Waals surface area contributed by atoms with Gasteiger partial charge in [-0.2, -0.15) is 0 Å². The van der Waals surface area contributed by atoms with Crippen LogP contribution in [0.3, 0.4) is 0 Å². The maximum absolute atomic E-state index is 10.2. The zero-order chi connectivity index (χ0) is 16.6. The Kier molecular flexibility index (Phi) is 4.56. The second-order valence-electron chi connectivity index (χ2n) is 8.17. The molecule has 1 aromatic carbocycles. The van der Waals surface area contributed by atoms with Crippen LogP contribution < -0.4 is 10.5 Å². The van der Waals surface area contributed by atoms with Crippen molar-refractivity contribution in [2.24, 2.45) is 17.1 Å². The lowest BCUT2D eigenvalue weighted by Crippen LogP contribution is -2.20. The summed E-state index contributed by atoms with van der Waals surface area (Å²) in [5.74, 6) is 1.43. The molecule has 1 saturated carbocycles. The van der Waals surface area contributed by atoms with Crippen molar-refractivity contribution < 1.29 is 9.84 Å². The number of nitrogens with zero attached hydrogens (tertiary/aromatic N) is 1. The summed E-state index contributed by atoms with van der Waals surface area (Å²) in [6.45, 7) is 6.34. The van der Waals surface area contributed by atoms with Crippen LogP contribution in [0.5, 0.6) is 11.5 Å². The Bertz CT molecular complexity index is 558. The summed E-state index contributed by atoms with van der Waals surface area (Å²) in [7, 11) is 2.15. The highest BCUT2D eigenvalue weighted by molar-refractivity contribution is 5.43. The Hall–Kier alpha value is -1.26. The third-order valence-corrected chi connectivity index (χ3v) is 5.55. The predicted octanol–water partition coefficient (Wildman–Crippen LogP) is 3.30. The molecule has 4 heteroatoms. The summed E-state index contributed by atoms with van der Waals surface area (Å²) < 4.78 is 6.14. The molecule has 128 valence electrons. The lowest BCUT2D eigenvalue weighted by molar-refractivity contribution is 0.185. The van der Waals surface area contributed by atoms with Crippen LogP contribution in [-0.4, -0.2) is 36.2 Å². The van der Waals surface area contributed by atoms with Crippen molar-refractivity contribution in [2.75, 3.05) is 20.1 Å². The minimum absolute atomic E-state index is 0.212. The highest BCUT2D eigenvalue weighted by atomic mass is 16.5. The van der Waals surface area contributed by atoms with Gasteiger partial charge in [-0.05, 0) is 68.3 Å². The van der Waals surface area contributed by atoms with Gasteiger partial charge in [-0.1, -0.05) is 19.9 Å². The van der Waals surface area contributed by atoms with E-state index in [1.165, 1.54) is 12.0 Å². The summed E-state index contributed by atoms with van der Waals surface area (Å²) in [4.78, 5) is 2.35. The van der Waals surface area contributed by atoms with Crippen LogP contribution in [0.15, 0.2) is 18.2 Å². The summed E-state index contributed by atoms with van der Waals surface area (Å²) in [5, 5.41) is 10.2. The fourth-order valence-corrected chi connectivity index (χ4v) is 4.15. The molecule has 3 rings (SSSR count). The molecule has 23 heavy (non-hydrogen) atoms. The van der Waals surface area contributed by atoms with Crippen LogP contribution in [-0.2, 0) is 0 Å². The lowest BCUT2D eigenvalue weighted by atomic mass is 9.92. The van der Waals surface area contributed by atoms with E-state index in [1.807, 2.05) is 12.1 Å². The second-order valence-corrected chi connectivity index (χ2v) is 8.17. The molecule has 4 nitrogen and oxygen atoms in total. The fraction of sp³-hybridized carbons (Fsp3) is 0.684. The first-order valence-corrected chi connectivity index (χ1v) is 8.78. The summed E-state index contributed by atoms with van der Waals surface area (Å²) >= 11 is 0. The summed E-state index contributed by atoms with van der Waals surface area (Å²) in [6, 6.07) is 6.18. The number of aromatic hydroxyl groups is 1.